The fraction of sp³-hybridized carbons (Fsp3) is 0.818. The van der Waals surface area contributed by atoms with Crippen molar-refractivity contribution in [3.05, 3.63) is 0 Å². The first-order valence-corrected chi connectivity index (χ1v) is 5.69. The van der Waals surface area contributed by atoms with Gasteiger partial charge in [0.2, 0.25) is 0 Å². The van der Waals surface area contributed by atoms with Crippen molar-refractivity contribution >= 4 is 12.1 Å². The summed E-state index contributed by atoms with van der Waals surface area (Å²) in [4.78, 5) is 24.5. The third-order valence-corrected chi connectivity index (χ3v) is 2.76. The predicted molar refractivity (Wildman–Crippen MR) is 58.0 cm³/mol. The third kappa shape index (κ3) is 3.40. The highest BCUT2D eigenvalue weighted by Crippen LogP contribution is 2.20. The molecule has 1 atom stereocenters. The number of carbonyl (C=O) groups is 2. The molecule has 0 saturated carbocycles. The molecule has 0 N–H and O–H groups in total. The van der Waals surface area contributed by atoms with Crippen LogP contribution in [0, 0.1) is 0 Å². The van der Waals surface area contributed by atoms with Crippen molar-refractivity contribution in [3.8, 4) is 0 Å². The van der Waals surface area contributed by atoms with Crippen LogP contribution in [0.25, 0.3) is 0 Å². The summed E-state index contributed by atoms with van der Waals surface area (Å²) in [5.41, 5.74) is 0. The number of rotatable bonds is 3. The summed E-state index contributed by atoms with van der Waals surface area (Å²) in [6.07, 6.45) is 2.79. The van der Waals surface area contributed by atoms with Crippen LogP contribution >= 0.6 is 0 Å². The summed E-state index contributed by atoms with van der Waals surface area (Å²) in [5, 5.41) is 0. The number of hydrogen-bond acceptors (Lipinski definition) is 4. The van der Waals surface area contributed by atoms with Gasteiger partial charge in [-0.1, -0.05) is 0 Å². The predicted octanol–water partition coefficient (Wildman–Crippen LogP) is 1.56. The van der Waals surface area contributed by atoms with Crippen LogP contribution in [0.3, 0.4) is 0 Å². The number of carbonyl (C=O) groups excluding carboxylic acids is 2. The Morgan fingerprint density at radius 3 is 2.75 bits per heavy atom. The van der Waals surface area contributed by atoms with Gasteiger partial charge in [0.1, 0.15) is 0 Å². The Kier molecular flexibility index (Phi) is 5.08. The van der Waals surface area contributed by atoms with Crippen LogP contribution in [0.4, 0.5) is 4.79 Å². The number of methoxy groups -OCH3 is 1. The van der Waals surface area contributed by atoms with Crippen molar-refractivity contribution in [2.45, 2.75) is 38.6 Å². The van der Waals surface area contributed by atoms with Gasteiger partial charge in [0.05, 0.1) is 20.1 Å². The first-order valence-electron chi connectivity index (χ1n) is 5.69. The summed E-state index contributed by atoms with van der Waals surface area (Å²) in [7, 11) is 1.36. The summed E-state index contributed by atoms with van der Waals surface area (Å²) < 4.78 is 9.58. The Hall–Kier alpha value is -1.26. The van der Waals surface area contributed by atoms with Gasteiger partial charge in [0, 0.05) is 12.6 Å². The van der Waals surface area contributed by atoms with Gasteiger partial charge in [-0.15, -0.1) is 0 Å². The Morgan fingerprint density at radius 1 is 1.38 bits per heavy atom. The molecule has 5 heteroatoms. The SMILES string of the molecule is CCOC(=O)N1CCCC[C@@H]1CC(=O)OC. The molecular formula is C11H19NO4. The average Bonchev–Trinajstić information content (AvgIpc) is 2.30. The Labute approximate surface area is 95.7 Å². The van der Waals surface area contributed by atoms with E-state index in [9.17, 15) is 9.59 Å². The van der Waals surface area contributed by atoms with Crippen LogP contribution in [0.5, 0.6) is 0 Å². The standard InChI is InChI=1S/C11H19NO4/c1-3-16-11(14)12-7-5-4-6-9(12)8-10(13)15-2/h9H,3-8H2,1-2H3/t9-/m1/s1. The fourth-order valence-corrected chi connectivity index (χ4v) is 1.94. The molecule has 1 aliphatic rings. The molecule has 0 aliphatic carbocycles. The Morgan fingerprint density at radius 2 is 2.12 bits per heavy atom. The molecule has 1 aliphatic heterocycles. The van der Waals surface area contributed by atoms with Crippen LogP contribution in [0.1, 0.15) is 32.6 Å². The highest BCUT2D eigenvalue weighted by molar-refractivity contribution is 5.72. The molecule has 1 heterocycles. The molecule has 0 radical (unpaired) electrons. The van der Waals surface area contributed by atoms with E-state index in [1.807, 2.05) is 0 Å². The minimum atomic E-state index is -0.323. The van der Waals surface area contributed by atoms with Gasteiger partial charge in [0.15, 0.2) is 0 Å². The third-order valence-electron chi connectivity index (χ3n) is 2.76. The zero-order valence-electron chi connectivity index (χ0n) is 9.90. The maximum Gasteiger partial charge on any atom is 0.410 e. The second-order valence-electron chi connectivity index (χ2n) is 3.82. The quantitative estimate of drug-likeness (QED) is 0.689. The van der Waals surface area contributed by atoms with E-state index in [2.05, 4.69) is 4.74 Å². The summed E-state index contributed by atoms with van der Waals surface area (Å²) in [6, 6.07) is -0.0692. The Bertz CT molecular complexity index is 254. The summed E-state index contributed by atoms with van der Waals surface area (Å²) in [5.74, 6) is -0.277. The number of piperidine rings is 1. The molecule has 5 nitrogen and oxygen atoms in total. The van der Waals surface area contributed by atoms with Crippen molar-refractivity contribution in [1.29, 1.82) is 0 Å². The van der Waals surface area contributed by atoms with Crippen molar-refractivity contribution in [1.82, 2.24) is 4.90 Å². The first-order chi connectivity index (χ1) is 7.69. The number of esters is 1. The zero-order valence-corrected chi connectivity index (χ0v) is 9.90. The van der Waals surface area contributed by atoms with Crippen molar-refractivity contribution in [2.75, 3.05) is 20.3 Å². The smallest absolute Gasteiger partial charge is 0.410 e. The number of nitrogens with zero attached hydrogens (tertiary/aromatic N) is 1. The average molecular weight is 229 g/mol. The van der Waals surface area contributed by atoms with Crippen LogP contribution < -0.4 is 0 Å². The van der Waals surface area contributed by atoms with E-state index in [1.165, 1.54) is 7.11 Å². The first kappa shape index (κ1) is 12.8. The lowest BCUT2D eigenvalue weighted by Gasteiger charge is -2.34. The lowest BCUT2D eigenvalue weighted by atomic mass is 10.00. The maximum atomic E-state index is 11.6. The number of ether oxygens (including phenoxy) is 2. The van der Waals surface area contributed by atoms with E-state index in [4.69, 9.17) is 4.74 Å². The molecule has 92 valence electrons. The molecule has 1 rings (SSSR count). The van der Waals surface area contributed by atoms with Gasteiger partial charge < -0.3 is 14.4 Å². The second kappa shape index (κ2) is 6.35. The van der Waals surface area contributed by atoms with Crippen LogP contribution in [0.2, 0.25) is 0 Å². The molecule has 0 spiro atoms. The zero-order chi connectivity index (χ0) is 12.0. The van der Waals surface area contributed by atoms with E-state index in [0.29, 0.717) is 13.2 Å². The van der Waals surface area contributed by atoms with Crippen LogP contribution in [-0.2, 0) is 14.3 Å². The molecule has 0 aromatic heterocycles. The normalized spacial score (nSPS) is 20.4. The lowest BCUT2D eigenvalue weighted by Crippen LogP contribution is -2.45. The lowest BCUT2D eigenvalue weighted by molar-refractivity contribution is -0.142. The monoisotopic (exact) mass is 229 g/mol. The summed E-state index contributed by atoms with van der Waals surface area (Å²) >= 11 is 0. The van der Waals surface area contributed by atoms with E-state index in [-0.39, 0.29) is 24.5 Å². The summed E-state index contributed by atoms with van der Waals surface area (Å²) in [6.45, 7) is 2.80. The van der Waals surface area contributed by atoms with E-state index < -0.39 is 0 Å². The van der Waals surface area contributed by atoms with E-state index in [0.717, 1.165) is 19.3 Å². The molecule has 1 saturated heterocycles. The van der Waals surface area contributed by atoms with Crippen molar-refractivity contribution in [3.63, 3.8) is 0 Å². The highest BCUT2D eigenvalue weighted by atomic mass is 16.6. The van der Waals surface area contributed by atoms with Gasteiger partial charge >= 0.3 is 12.1 Å². The van der Waals surface area contributed by atoms with Crippen LogP contribution in [-0.4, -0.2) is 43.3 Å². The van der Waals surface area contributed by atoms with Gasteiger partial charge in [0.25, 0.3) is 0 Å². The van der Waals surface area contributed by atoms with E-state index >= 15 is 0 Å². The fourth-order valence-electron chi connectivity index (χ4n) is 1.94. The van der Waals surface area contributed by atoms with Gasteiger partial charge in [-0.05, 0) is 26.2 Å². The van der Waals surface area contributed by atoms with E-state index in [1.54, 1.807) is 11.8 Å². The van der Waals surface area contributed by atoms with Gasteiger partial charge in [-0.3, -0.25) is 4.79 Å². The molecule has 1 fully saturated rings. The number of likely N-dealkylation sites (tertiary alicyclic amines) is 1. The minimum absolute atomic E-state index is 0.0692. The number of amides is 1. The molecule has 0 aromatic rings. The van der Waals surface area contributed by atoms with Crippen molar-refractivity contribution in [2.24, 2.45) is 0 Å². The maximum absolute atomic E-state index is 11.6. The van der Waals surface area contributed by atoms with Gasteiger partial charge in [-0.25, -0.2) is 4.79 Å². The molecule has 0 bridgehead atoms. The van der Waals surface area contributed by atoms with Crippen molar-refractivity contribution < 1.29 is 19.1 Å². The van der Waals surface area contributed by atoms with Gasteiger partial charge in [-0.2, -0.15) is 0 Å². The molecule has 0 unspecified atom stereocenters. The molecule has 0 aromatic carbocycles. The highest BCUT2D eigenvalue weighted by Gasteiger charge is 2.29. The molecule has 1 amide bonds. The largest absolute Gasteiger partial charge is 0.469 e. The second-order valence-corrected chi connectivity index (χ2v) is 3.82. The topological polar surface area (TPSA) is 55.8 Å². The molecular weight excluding hydrogens is 210 g/mol. The van der Waals surface area contributed by atoms with Crippen LogP contribution in [0.15, 0.2) is 0 Å². The number of hydrogen-bond donors (Lipinski definition) is 0. The minimum Gasteiger partial charge on any atom is -0.469 e. The Balaban J connectivity index is 2.56. The molecule has 16 heavy (non-hydrogen) atoms.